The van der Waals surface area contributed by atoms with Crippen molar-refractivity contribution in [3.63, 3.8) is 0 Å². The van der Waals surface area contributed by atoms with Crippen molar-refractivity contribution in [2.75, 3.05) is 13.7 Å². The van der Waals surface area contributed by atoms with Crippen molar-refractivity contribution in [3.05, 3.63) is 23.8 Å². The van der Waals surface area contributed by atoms with Crippen LogP contribution in [0.3, 0.4) is 0 Å². The molecule has 0 unspecified atom stereocenters. The second kappa shape index (κ2) is 7.47. The molecule has 0 aliphatic rings. The Morgan fingerprint density at radius 2 is 1.86 bits per heavy atom. The molecule has 1 rings (SSSR count). The maximum atomic E-state index is 13.0. The van der Waals surface area contributed by atoms with Crippen LogP contribution in [0.2, 0.25) is 0 Å². The number of ether oxygens (including phenoxy) is 1. The van der Waals surface area contributed by atoms with Crippen LogP contribution in [0.5, 0.6) is 5.75 Å². The van der Waals surface area contributed by atoms with Gasteiger partial charge in [0.25, 0.3) is 0 Å². The molecule has 0 saturated carbocycles. The van der Waals surface area contributed by atoms with Crippen molar-refractivity contribution < 1.29 is 13.2 Å². The largest absolute Gasteiger partial charge is 0.495 e. The summed E-state index contributed by atoms with van der Waals surface area (Å²) in [4.78, 5) is 0.178. The maximum absolute atomic E-state index is 13.0. The summed E-state index contributed by atoms with van der Waals surface area (Å²) in [6.07, 6.45) is 0. The Hall–Kier alpha value is -0.780. The lowest BCUT2D eigenvalue weighted by atomic mass is 10.2. The smallest absolute Gasteiger partial charge is 0.247 e. The molecule has 21 heavy (non-hydrogen) atoms. The fourth-order valence-electron chi connectivity index (χ4n) is 2.08. The van der Waals surface area contributed by atoms with Crippen LogP contribution in [-0.4, -0.2) is 32.4 Å². The number of halogens is 1. The minimum atomic E-state index is -3.62. The molecule has 0 heterocycles. The second-order valence-electron chi connectivity index (χ2n) is 5.68. The number of nitrogens with zero attached hydrogens (tertiary/aromatic N) is 1. The third-order valence-corrected chi connectivity index (χ3v) is 5.46. The fraction of sp³-hybridized carbons (Fsp3) is 0.600. The van der Waals surface area contributed by atoms with E-state index >= 15 is 0 Å². The van der Waals surface area contributed by atoms with Gasteiger partial charge in [0, 0.05) is 18.5 Å². The lowest BCUT2D eigenvalue weighted by molar-refractivity contribution is 0.316. The number of rotatable bonds is 7. The zero-order valence-corrected chi connectivity index (χ0v) is 14.8. The monoisotopic (exact) mass is 333 g/mol. The molecule has 6 heteroatoms. The lowest BCUT2D eigenvalue weighted by Gasteiger charge is -2.28. The molecule has 4 nitrogen and oxygen atoms in total. The Bertz CT molecular complexity index is 570. The molecular formula is C15H24ClNO3S. The fourth-order valence-corrected chi connectivity index (χ4v) is 4.25. The topological polar surface area (TPSA) is 46.6 Å². The minimum absolute atomic E-state index is 0.123. The third kappa shape index (κ3) is 4.34. The quantitative estimate of drug-likeness (QED) is 0.717. The van der Waals surface area contributed by atoms with E-state index in [1.165, 1.54) is 11.4 Å². The number of hydrogen-bond donors (Lipinski definition) is 0. The molecular weight excluding hydrogens is 310 g/mol. The van der Waals surface area contributed by atoms with E-state index < -0.39 is 10.0 Å². The van der Waals surface area contributed by atoms with E-state index in [0.29, 0.717) is 12.3 Å². The molecule has 120 valence electrons. The van der Waals surface area contributed by atoms with E-state index in [2.05, 4.69) is 0 Å². The number of sulfonamides is 1. The first-order chi connectivity index (χ1) is 9.73. The first-order valence-corrected chi connectivity index (χ1v) is 8.96. The van der Waals surface area contributed by atoms with Gasteiger partial charge in [-0.15, -0.1) is 11.6 Å². The molecule has 1 aromatic rings. The van der Waals surface area contributed by atoms with Gasteiger partial charge < -0.3 is 4.74 Å². The zero-order chi connectivity index (χ0) is 16.2. The summed E-state index contributed by atoms with van der Waals surface area (Å²) in [5.41, 5.74) is 0.754. The summed E-state index contributed by atoms with van der Waals surface area (Å²) in [6.45, 7) is 8.21. The summed E-state index contributed by atoms with van der Waals surface area (Å²) < 4.78 is 32.6. The molecule has 0 bridgehead atoms. The molecule has 0 fully saturated rings. The van der Waals surface area contributed by atoms with Gasteiger partial charge in [-0.05, 0) is 37.5 Å². The van der Waals surface area contributed by atoms with Gasteiger partial charge in [-0.2, -0.15) is 4.31 Å². The Morgan fingerprint density at radius 3 is 2.29 bits per heavy atom. The van der Waals surface area contributed by atoms with Crippen molar-refractivity contribution in [3.8, 4) is 5.75 Å². The van der Waals surface area contributed by atoms with Gasteiger partial charge in [0.2, 0.25) is 10.0 Å². The molecule has 0 atom stereocenters. The van der Waals surface area contributed by atoms with E-state index in [-0.39, 0.29) is 22.7 Å². The van der Waals surface area contributed by atoms with Crippen LogP contribution in [0.15, 0.2) is 23.1 Å². The minimum Gasteiger partial charge on any atom is -0.495 e. The summed E-state index contributed by atoms with van der Waals surface area (Å²) in [7, 11) is -2.15. The third-order valence-electron chi connectivity index (χ3n) is 3.09. The predicted molar refractivity (Wildman–Crippen MR) is 86.4 cm³/mol. The molecule has 0 aromatic heterocycles. The highest BCUT2D eigenvalue weighted by Gasteiger charge is 2.30. The van der Waals surface area contributed by atoms with E-state index in [4.69, 9.17) is 16.3 Å². The number of methoxy groups -OCH3 is 1. The molecule has 0 aliphatic heterocycles. The van der Waals surface area contributed by atoms with Crippen LogP contribution in [0, 0.1) is 5.92 Å². The van der Waals surface area contributed by atoms with Crippen LogP contribution in [0.4, 0.5) is 0 Å². The van der Waals surface area contributed by atoms with Crippen LogP contribution in [0.25, 0.3) is 0 Å². The Labute approximate surface area is 133 Å². The standard InChI is InChI=1S/C15H24ClNO3S/c1-11(2)10-17(12(3)4)21(18,19)15-8-13(9-16)6-7-14(15)20-5/h6-8,11-12H,9-10H2,1-5H3. The van der Waals surface area contributed by atoms with Crippen molar-refractivity contribution in [1.29, 1.82) is 0 Å². The van der Waals surface area contributed by atoms with Crippen LogP contribution >= 0.6 is 11.6 Å². The highest BCUT2D eigenvalue weighted by atomic mass is 35.5. The highest BCUT2D eigenvalue weighted by Crippen LogP contribution is 2.29. The van der Waals surface area contributed by atoms with Gasteiger partial charge in [0.1, 0.15) is 10.6 Å². The van der Waals surface area contributed by atoms with Crippen molar-refractivity contribution in [2.24, 2.45) is 5.92 Å². The lowest BCUT2D eigenvalue weighted by Crippen LogP contribution is -2.39. The molecule has 0 saturated heterocycles. The molecule has 0 aliphatic carbocycles. The average Bonchev–Trinajstić information content (AvgIpc) is 2.43. The van der Waals surface area contributed by atoms with Gasteiger partial charge in [-0.25, -0.2) is 8.42 Å². The van der Waals surface area contributed by atoms with E-state index in [0.717, 1.165) is 5.56 Å². The molecule has 1 aromatic carbocycles. The molecule has 0 spiro atoms. The Balaban J connectivity index is 3.39. The normalized spacial score (nSPS) is 12.4. The predicted octanol–water partition coefficient (Wildman–Crippen LogP) is 3.49. The molecule has 0 N–H and O–H groups in total. The number of hydrogen-bond acceptors (Lipinski definition) is 3. The SMILES string of the molecule is COc1ccc(CCl)cc1S(=O)(=O)N(CC(C)C)C(C)C. The van der Waals surface area contributed by atoms with Crippen molar-refractivity contribution >= 4 is 21.6 Å². The first-order valence-electron chi connectivity index (χ1n) is 6.98. The van der Waals surface area contributed by atoms with Crippen molar-refractivity contribution in [1.82, 2.24) is 4.31 Å². The zero-order valence-electron chi connectivity index (χ0n) is 13.3. The highest BCUT2D eigenvalue weighted by molar-refractivity contribution is 7.89. The summed E-state index contributed by atoms with van der Waals surface area (Å²) in [5, 5.41) is 0. The molecule has 0 amide bonds. The van der Waals surface area contributed by atoms with E-state index in [1.54, 1.807) is 18.2 Å². The first kappa shape index (κ1) is 18.3. The van der Waals surface area contributed by atoms with Gasteiger partial charge in [-0.1, -0.05) is 19.9 Å². The van der Waals surface area contributed by atoms with Crippen LogP contribution in [0.1, 0.15) is 33.3 Å². The molecule has 0 radical (unpaired) electrons. The maximum Gasteiger partial charge on any atom is 0.247 e. The second-order valence-corrected chi connectivity index (χ2v) is 7.81. The van der Waals surface area contributed by atoms with Gasteiger partial charge in [0.05, 0.1) is 7.11 Å². The average molecular weight is 334 g/mol. The van der Waals surface area contributed by atoms with E-state index in [1.807, 2.05) is 27.7 Å². The Kier molecular flexibility index (Phi) is 6.50. The van der Waals surface area contributed by atoms with E-state index in [9.17, 15) is 8.42 Å². The number of alkyl halides is 1. The van der Waals surface area contributed by atoms with Gasteiger partial charge in [0.15, 0.2) is 0 Å². The Morgan fingerprint density at radius 1 is 1.24 bits per heavy atom. The summed E-state index contributed by atoms with van der Waals surface area (Å²) >= 11 is 5.82. The summed E-state index contributed by atoms with van der Waals surface area (Å²) in [6, 6.07) is 4.89. The van der Waals surface area contributed by atoms with Gasteiger partial charge in [-0.3, -0.25) is 0 Å². The van der Waals surface area contributed by atoms with Crippen LogP contribution < -0.4 is 4.74 Å². The van der Waals surface area contributed by atoms with Crippen LogP contribution in [-0.2, 0) is 15.9 Å². The number of benzene rings is 1. The summed E-state index contributed by atoms with van der Waals surface area (Å²) in [5.74, 6) is 0.848. The van der Waals surface area contributed by atoms with Gasteiger partial charge >= 0.3 is 0 Å². The van der Waals surface area contributed by atoms with Crippen molar-refractivity contribution in [2.45, 2.75) is 44.5 Å².